The molecule has 0 aromatic heterocycles. The quantitative estimate of drug-likeness (QED) is 0.273. The first-order valence-corrected chi connectivity index (χ1v) is 20.4. The largest absolute Gasteiger partial charge is 0.460 e. The summed E-state index contributed by atoms with van der Waals surface area (Å²) in [5.41, 5.74) is -3.37. The zero-order valence-corrected chi connectivity index (χ0v) is 37.0. The minimum absolute atomic E-state index is 0.00935. The van der Waals surface area contributed by atoms with Crippen LogP contribution >= 0.6 is 0 Å². The molecule has 2 amide bonds. The van der Waals surface area contributed by atoms with Crippen LogP contribution in [-0.4, -0.2) is 157 Å². The highest BCUT2D eigenvalue weighted by atomic mass is 16.7. The van der Waals surface area contributed by atoms with E-state index >= 15 is 0 Å². The van der Waals surface area contributed by atoms with Gasteiger partial charge in [0, 0.05) is 52.4 Å². The fourth-order valence-corrected chi connectivity index (χ4v) is 8.74. The van der Waals surface area contributed by atoms with E-state index in [-0.39, 0.29) is 50.3 Å². The first kappa shape index (κ1) is 48.9. The minimum Gasteiger partial charge on any atom is -0.460 e. The van der Waals surface area contributed by atoms with Crippen LogP contribution in [0.25, 0.3) is 0 Å². The van der Waals surface area contributed by atoms with Gasteiger partial charge in [0.15, 0.2) is 18.7 Å². The Labute approximate surface area is 339 Å². The van der Waals surface area contributed by atoms with Crippen molar-refractivity contribution in [3.63, 3.8) is 0 Å². The van der Waals surface area contributed by atoms with Gasteiger partial charge in [-0.2, -0.15) is 0 Å². The van der Waals surface area contributed by atoms with E-state index in [2.05, 4.69) is 5.32 Å². The molecule has 57 heavy (non-hydrogen) atoms. The number of rotatable bonds is 10. The molecule has 16 heteroatoms. The van der Waals surface area contributed by atoms with Crippen molar-refractivity contribution in [1.82, 2.24) is 15.1 Å². The Morgan fingerprint density at radius 1 is 1.02 bits per heavy atom. The van der Waals surface area contributed by atoms with Crippen LogP contribution in [0.1, 0.15) is 108 Å². The van der Waals surface area contributed by atoms with Crippen molar-refractivity contribution < 1.29 is 62.5 Å². The number of nitrogens with one attached hydrogen (secondary N) is 1. The summed E-state index contributed by atoms with van der Waals surface area (Å²) in [5, 5.41) is 27.0. The molecule has 0 radical (unpaired) electrons. The first-order valence-electron chi connectivity index (χ1n) is 20.4. The van der Waals surface area contributed by atoms with E-state index in [0.717, 1.165) is 0 Å². The van der Waals surface area contributed by atoms with Crippen molar-refractivity contribution in [2.45, 2.75) is 186 Å². The molecule has 1 unspecified atom stereocenters. The number of carbonyl (C=O) groups excluding carboxylic acids is 4. The third-order valence-corrected chi connectivity index (χ3v) is 11.5. The van der Waals surface area contributed by atoms with Gasteiger partial charge in [0.05, 0.1) is 35.9 Å². The molecule has 3 saturated heterocycles. The van der Waals surface area contributed by atoms with Crippen LogP contribution in [0.15, 0.2) is 0 Å². The maximum absolute atomic E-state index is 14.4. The van der Waals surface area contributed by atoms with E-state index in [1.54, 1.807) is 62.4 Å². The Morgan fingerprint density at radius 2 is 1.65 bits per heavy atom. The van der Waals surface area contributed by atoms with E-state index in [0.29, 0.717) is 6.42 Å². The van der Waals surface area contributed by atoms with Gasteiger partial charge in [-0.15, -0.1) is 0 Å². The van der Waals surface area contributed by atoms with Crippen LogP contribution in [0.2, 0.25) is 0 Å². The molecule has 3 N–H and O–H groups in total. The third-order valence-electron chi connectivity index (χ3n) is 11.5. The monoisotopic (exact) mass is 816 g/mol. The SMILES string of the molecule is CO[C@]1(C)C[C@H](O[C@H]2[C@H](C)[C@@H](O[C@@H]3O[C@H](C)C[C@H](N(C)C)[C@H]3O)[C@](C)(O)C[C@@H](C)CN(C)C(=O)C(CCC(=O)OC(C)(C)C)NC(=O)[C@@H]2C)O[C@@H](C)[C@@H]1OC(C)=O. The van der Waals surface area contributed by atoms with E-state index in [1.807, 2.05) is 32.8 Å². The summed E-state index contributed by atoms with van der Waals surface area (Å²) >= 11 is 0. The van der Waals surface area contributed by atoms with Crippen molar-refractivity contribution in [2.75, 3.05) is 34.8 Å². The molecule has 3 aliphatic rings. The average molecular weight is 816 g/mol. The number of nitrogens with zero attached hydrogens (tertiary/aromatic N) is 2. The van der Waals surface area contributed by atoms with Gasteiger partial charge in [-0.05, 0) is 87.7 Å². The van der Waals surface area contributed by atoms with Gasteiger partial charge >= 0.3 is 11.9 Å². The molecule has 3 heterocycles. The Hall–Kier alpha value is -2.44. The molecule has 3 aliphatic heterocycles. The van der Waals surface area contributed by atoms with Crippen molar-refractivity contribution in [3.05, 3.63) is 0 Å². The zero-order valence-electron chi connectivity index (χ0n) is 37.0. The maximum atomic E-state index is 14.4. The van der Waals surface area contributed by atoms with Crippen LogP contribution in [0.3, 0.4) is 0 Å². The Morgan fingerprint density at radius 3 is 2.21 bits per heavy atom. The lowest BCUT2D eigenvalue weighted by molar-refractivity contribution is -0.318. The number of esters is 2. The molecule has 3 fully saturated rings. The molecule has 0 spiro atoms. The Balaban J connectivity index is 2.12. The van der Waals surface area contributed by atoms with Crippen LogP contribution < -0.4 is 5.32 Å². The van der Waals surface area contributed by atoms with Gasteiger partial charge in [0.2, 0.25) is 11.8 Å². The summed E-state index contributed by atoms with van der Waals surface area (Å²) in [4.78, 5) is 56.7. The highest BCUT2D eigenvalue weighted by Gasteiger charge is 2.52. The molecule has 330 valence electrons. The smallest absolute Gasteiger partial charge is 0.306 e. The molecule has 0 aromatic carbocycles. The second kappa shape index (κ2) is 19.7. The number of aliphatic hydroxyl groups is 2. The van der Waals surface area contributed by atoms with E-state index in [1.165, 1.54) is 18.9 Å². The molecule has 0 saturated carbocycles. The third kappa shape index (κ3) is 13.0. The molecule has 3 rings (SSSR count). The lowest BCUT2D eigenvalue weighted by Crippen LogP contribution is -2.61. The van der Waals surface area contributed by atoms with Crippen LogP contribution in [-0.2, 0) is 52.3 Å². The molecular weight excluding hydrogens is 742 g/mol. The highest BCUT2D eigenvalue weighted by Crippen LogP contribution is 2.40. The zero-order chi connectivity index (χ0) is 43.4. The van der Waals surface area contributed by atoms with Gasteiger partial charge in [-0.1, -0.05) is 20.8 Å². The van der Waals surface area contributed by atoms with E-state index in [9.17, 15) is 29.4 Å². The second-order valence-corrected chi connectivity index (χ2v) is 18.5. The number of likely N-dealkylation sites (N-methyl/N-ethyl adjacent to an activating group) is 2. The number of carbonyl (C=O) groups is 4. The summed E-state index contributed by atoms with van der Waals surface area (Å²) in [7, 11) is 6.87. The molecule has 0 aromatic rings. The summed E-state index contributed by atoms with van der Waals surface area (Å²) in [5.74, 6) is -3.98. The number of hydrogen-bond acceptors (Lipinski definition) is 14. The predicted octanol–water partition coefficient (Wildman–Crippen LogP) is 2.78. The fourth-order valence-electron chi connectivity index (χ4n) is 8.74. The lowest BCUT2D eigenvalue weighted by Gasteiger charge is -2.49. The molecule has 15 atom stereocenters. The number of methoxy groups -OCH3 is 1. The standard InChI is InChI=1S/C41H73N3O13/c1-22-19-40(10,50)34(56-38-32(47)29(43(12)13)18-23(2)52-38)24(3)33(55-31-20-41(11,51-15)35(26(5)53-31)54-27(6)45)25(4)36(48)42-28(37(49)44(14)21-22)16-17-30(46)57-39(7,8)9/h22-26,28-29,31-35,38,47,50H,16-21H2,1-15H3,(H,42,48)/t22-,23-,24+,25-,26+,28?,29+,31+,32-,33+,34-,35+,38+,40-,41-/m1/s1. The van der Waals surface area contributed by atoms with Crippen LogP contribution in [0.4, 0.5) is 0 Å². The summed E-state index contributed by atoms with van der Waals surface area (Å²) in [6.45, 7) is 19.2. The minimum atomic E-state index is -1.61. The topological polar surface area (TPSA) is 192 Å². The van der Waals surface area contributed by atoms with Crippen molar-refractivity contribution in [3.8, 4) is 0 Å². The van der Waals surface area contributed by atoms with Gasteiger partial charge < -0.3 is 58.5 Å². The lowest BCUT2D eigenvalue weighted by atomic mass is 9.77. The van der Waals surface area contributed by atoms with E-state index in [4.69, 9.17) is 33.2 Å². The van der Waals surface area contributed by atoms with Crippen molar-refractivity contribution >= 4 is 23.8 Å². The molecule has 0 aliphatic carbocycles. The summed E-state index contributed by atoms with van der Waals surface area (Å²) < 4.78 is 43.0. The van der Waals surface area contributed by atoms with Gasteiger partial charge in [0.1, 0.15) is 23.3 Å². The van der Waals surface area contributed by atoms with Crippen LogP contribution in [0, 0.1) is 17.8 Å². The number of amides is 2. The summed E-state index contributed by atoms with van der Waals surface area (Å²) in [6, 6.07) is -1.37. The summed E-state index contributed by atoms with van der Waals surface area (Å²) in [6.07, 6.45) is -6.32. The number of hydrogen-bond donors (Lipinski definition) is 3. The second-order valence-electron chi connectivity index (χ2n) is 18.5. The number of aliphatic hydroxyl groups excluding tert-OH is 1. The average Bonchev–Trinajstić information content (AvgIpc) is 3.08. The Bertz CT molecular complexity index is 1370. The molecule has 0 bridgehead atoms. The van der Waals surface area contributed by atoms with E-state index < -0.39 is 102 Å². The number of ether oxygens (including phenoxy) is 7. The van der Waals surface area contributed by atoms with Crippen molar-refractivity contribution in [2.24, 2.45) is 17.8 Å². The molecular formula is C41H73N3O13. The van der Waals surface area contributed by atoms with Crippen molar-refractivity contribution in [1.29, 1.82) is 0 Å². The normalized spacial score (nSPS) is 40.4. The Kier molecular flexibility index (Phi) is 17.0. The fraction of sp³-hybridized carbons (Fsp3) is 0.902. The first-order chi connectivity index (χ1) is 26.2. The predicted molar refractivity (Wildman–Crippen MR) is 209 cm³/mol. The van der Waals surface area contributed by atoms with Gasteiger partial charge in [-0.25, -0.2) is 0 Å². The van der Waals surface area contributed by atoms with Gasteiger partial charge in [0.25, 0.3) is 0 Å². The molecule has 16 nitrogen and oxygen atoms in total. The maximum Gasteiger partial charge on any atom is 0.306 e. The highest BCUT2D eigenvalue weighted by molar-refractivity contribution is 5.89. The van der Waals surface area contributed by atoms with Gasteiger partial charge in [-0.3, -0.25) is 19.2 Å². The van der Waals surface area contributed by atoms with Crippen LogP contribution in [0.5, 0.6) is 0 Å².